The van der Waals surface area contributed by atoms with Crippen molar-refractivity contribution in [1.29, 1.82) is 0 Å². The average Bonchev–Trinajstić information content (AvgIpc) is 2.64. The first kappa shape index (κ1) is 14.9. The third-order valence-electron chi connectivity index (χ3n) is 5.70. The van der Waals surface area contributed by atoms with E-state index >= 15 is 0 Å². The van der Waals surface area contributed by atoms with E-state index in [0.29, 0.717) is 11.5 Å². The number of hydrogen-bond acceptors (Lipinski definition) is 2. The minimum atomic E-state index is 0.435. The van der Waals surface area contributed by atoms with Crippen LogP contribution in [0.3, 0.4) is 0 Å². The van der Waals surface area contributed by atoms with Crippen molar-refractivity contribution in [2.45, 2.75) is 52.0 Å². The van der Waals surface area contributed by atoms with Crippen LogP contribution in [0.5, 0.6) is 0 Å². The molecule has 1 aliphatic carbocycles. The monoisotopic (exact) mass is 286 g/mol. The molecule has 2 heteroatoms. The van der Waals surface area contributed by atoms with Crippen LogP contribution in [-0.2, 0) is 6.42 Å². The zero-order chi connectivity index (χ0) is 14.9. The number of nitrogens with one attached hydrogen (secondary N) is 1. The van der Waals surface area contributed by atoms with Gasteiger partial charge in [-0.25, -0.2) is 0 Å². The highest BCUT2D eigenvalue weighted by molar-refractivity contribution is 5.54. The maximum atomic E-state index is 3.61. The molecule has 1 aromatic rings. The summed E-state index contributed by atoms with van der Waals surface area (Å²) >= 11 is 0. The summed E-state index contributed by atoms with van der Waals surface area (Å²) in [5.74, 6) is 0.774. The Balaban J connectivity index is 1.79. The van der Waals surface area contributed by atoms with Gasteiger partial charge in [0.1, 0.15) is 0 Å². The fourth-order valence-corrected chi connectivity index (χ4v) is 4.58. The van der Waals surface area contributed by atoms with Crippen molar-refractivity contribution in [1.82, 2.24) is 5.32 Å². The van der Waals surface area contributed by atoms with Gasteiger partial charge in [0, 0.05) is 24.8 Å². The fourth-order valence-electron chi connectivity index (χ4n) is 4.58. The van der Waals surface area contributed by atoms with E-state index in [1.54, 1.807) is 5.56 Å². The van der Waals surface area contributed by atoms with Crippen LogP contribution in [-0.4, -0.2) is 26.2 Å². The van der Waals surface area contributed by atoms with E-state index < -0.39 is 0 Å². The molecule has 1 heterocycles. The van der Waals surface area contributed by atoms with Gasteiger partial charge in [0.05, 0.1) is 0 Å². The quantitative estimate of drug-likeness (QED) is 0.908. The molecule has 0 bridgehead atoms. The summed E-state index contributed by atoms with van der Waals surface area (Å²) < 4.78 is 0. The van der Waals surface area contributed by atoms with Crippen molar-refractivity contribution >= 4 is 5.69 Å². The summed E-state index contributed by atoms with van der Waals surface area (Å²) in [4.78, 5) is 2.67. The van der Waals surface area contributed by atoms with Gasteiger partial charge in [0.2, 0.25) is 0 Å². The molecule has 3 rings (SSSR count). The number of benzene rings is 1. The lowest BCUT2D eigenvalue weighted by atomic mass is 9.85. The van der Waals surface area contributed by atoms with Crippen LogP contribution in [0.2, 0.25) is 0 Å². The molecule has 0 radical (unpaired) electrons. The fraction of sp³-hybridized carbons (Fsp3) is 0.684. The van der Waals surface area contributed by atoms with Gasteiger partial charge in [-0.1, -0.05) is 32.0 Å². The number of anilines is 1. The predicted molar refractivity (Wildman–Crippen MR) is 90.9 cm³/mol. The molecule has 1 aromatic carbocycles. The third kappa shape index (κ3) is 2.96. The molecular formula is C19H30N2. The number of nitrogens with zero attached hydrogens (tertiary/aromatic N) is 1. The molecule has 0 saturated heterocycles. The number of para-hydroxylation sites is 1. The van der Waals surface area contributed by atoms with Crippen LogP contribution in [0.1, 0.15) is 45.1 Å². The normalized spacial score (nSPS) is 28.2. The zero-order valence-electron chi connectivity index (χ0n) is 13.9. The molecule has 0 spiro atoms. The number of rotatable bonds is 3. The summed E-state index contributed by atoms with van der Waals surface area (Å²) in [7, 11) is 2.14. The topological polar surface area (TPSA) is 15.3 Å². The average molecular weight is 286 g/mol. The van der Waals surface area contributed by atoms with Crippen molar-refractivity contribution in [3.63, 3.8) is 0 Å². The Bertz CT molecular complexity index is 480. The Morgan fingerprint density at radius 2 is 2.05 bits per heavy atom. The highest BCUT2D eigenvalue weighted by Gasteiger charge is 2.41. The molecule has 21 heavy (non-hydrogen) atoms. The summed E-state index contributed by atoms with van der Waals surface area (Å²) in [6.45, 7) is 7.28. The van der Waals surface area contributed by atoms with Crippen molar-refractivity contribution in [3.05, 3.63) is 29.8 Å². The summed E-state index contributed by atoms with van der Waals surface area (Å²) in [5.41, 5.74) is 3.48. The highest BCUT2D eigenvalue weighted by atomic mass is 15.1. The summed E-state index contributed by atoms with van der Waals surface area (Å²) in [6.07, 6.45) is 6.61. The third-order valence-corrected chi connectivity index (χ3v) is 5.70. The smallest absolute Gasteiger partial charge is 0.0398 e. The van der Waals surface area contributed by atoms with Crippen LogP contribution in [0, 0.1) is 11.3 Å². The first-order valence-corrected chi connectivity index (χ1v) is 8.62. The van der Waals surface area contributed by atoms with Crippen LogP contribution < -0.4 is 10.2 Å². The molecule has 1 aliphatic heterocycles. The molecule has 2 nitrogen and oxygen atoms in total. The van der Waals surface area contributed by atoms with Gasteiger partial charge >= 0.3 is 0 Å². The number of aryl methyl sites for hydroxylation is 1. The first-order chi connectivity index (χ1) is 10.1. The van der Waals surface area contributed by atoms with E-state index in [-0.39, 0.29) is 0 Å². The van der Waals surface area contributed by atoms with Crippen molar-refractivity contribution in [2.24, 2.45) is 11.3 Å². The molecular weight excluding hydrogens is 256 g/mol. The Morgan fingerprint density at radius 3 is 2.86 bits per heavy atom. The standard InChI is InChI=1S/C19H30N2/c1-19(2)12-11-16(18(19)20-3)14-21-13-7-6-9-15-8-4-5-10-17(15)21/h4-5,8,10,16,18,20H,6-7,9,11-14H2,1-3H3. The Morgan fingerprint density at radius 1 is 1.24 bits per heavy atom. The largest absolute Gasteiger partial charge is 0.371 e. The lowest BCUT2D eigenvalue weighted by Gasteiger charge is -2.34. The van der Waals surface area contributed by atoms with Crippen LogP contribution in [0.25, 0.3) is 0 Å². The van der Waals surface area contributed by atoms with Crippen LogP contribution >= 0.6 is 0 Å². The molecule has 0 aromatic heterocycles. The SMILES string of the molecule is CNC1C(CN2CCCCc3ccccc32)CCC1(C)C. The van der Waals surface area contributed by atoms with E-state index in [1.807, 2.05) is 0 Å². The van der Waals surface area contributed by atoms with E-state index in [9.17, 15) is 0 Å². The van der Waals surface area contributed by atoms with Gasteiger partial charge in [0.25, 0.3) is 0 Å². The molecule has 1 N–H and O–H groups in total. The molecule has 2 unspecified atom stereocenters. The molecule has 0 amide bonds. The van der Waals surface area contributed by atoms with Crippen molar-refractivity contribution < 1.29 is 0 Å². The van der Waals surface area contributed by atoms with Gasteiger partial charge in [0.15, 0.2) is 0 Å². The molecule has 2 aliphatic rings. The van der Waals surface area contributed by atoms with Crippen molar-refractivity contribution in [2.75, 3.05) is 25.0 Å². The van der Waals surface area contributed by atoms with Crippen molar-refractivity contribution in [3.8, 4) is 0 Å². The van der Waals surface area contributed by atoms with E-state index in [1.165, 1.54) is 50.9 Å². The minimum absolute atomic E-state index is 0.435. The second-order valence-corrected chi connectivity index (χ2v) is 7.59. The predicted octanol–water partition coefficient (Wildman–Crippen LogP) is 3.85. The van der Waals surface area contributed by atoms with Gasteiger partial charge in [-0.15, -0.1) is 0 Å². The second-order valence-electron chi connectivity index (χ2n) is 7.59. The van der Waals surface area contributed by atoms with E-state index in [4.69, 9.17) is 0 Å². The Hall–Kier alpha value is -1.02. The highest BCUT2D eigenvalue weighted by Crippen LogP contribution is 2.42. The lowest BCUT2D eigenvalue weighted by molar-refractivity contribution is 0.262. The maximum Gasteiger partial charge on any atom is 0.0398 e. The molecule has 116 valence electrons. The lowest BCUT2D eigenvalue weighted by Crippen LogP contribution is -2.44. The molecule has 1 fully saturated rings. The Labute approximate surface area is 129 Å². The summed E-state index contributed by atoms with van der Waals surface area (Å²) in [6, 6.07) is 9.69. The molecule has 2 atom stereocenters. The van der Waals surface area contributed by atoms with Crippen LogP contribution in [0.15, 0.2) is 24.3 Å². The maximum absolute atomic E-state index is 3.61. The van der Waals surface area contributed by atoms with E-state index in [0.717, 1.165) is 5.92 Å². The van der Waals surface area contributed by atoms with Crippen LogP contribution in [0.4, 0.5) is 5.69 Å². The van der Waals surface area contributed by atoms with Gasteiger partial charge in [-0.3, -0.25) is 0 Å². The second kappa shape index (κ2) is 6.00. The number of fused-ring (bicyclic) bond motifs is 1. The zero-order valence-corrected chi connectivity index (χ0v) is 13.9. The van der Waals surface area contributed by atoms with Gasteiger partial charge in [-0.05, 0) is 62.1 Å². The van der Waals surface area contributed by atoms with E-state index in [2.05, 4.69) is 55.4 Å². The number of hydrogen-bond donors (Lipinski definition) is 1. The summed E-state index contributed by atoms with van der Waals surface area (Å²) in [5, 5.41) is 3.61. The Kier molecular flexibility index (Phi) is 4.26. The van der Waals surface area contributed by atoms with Gasteiger partial charge < -0.3 is 10.2 Å². The minimum Gasteiger partial charge on any atom is -0.371 e. The first-order valence-electron chi connectivity index (χ1n) is 8.62. The van der Waals surface area contributed by atoms with Gasteiger partial charge in [-0.2, -0.15) is 0 Å². The molecule has 1 saturated carbocycles.